The Morgan fingerprint density at radius 1 is 1.26 bits per heavy atom. The molecule has 1 unspecified atom stereocenters. The fourth-order valence-electron chi connectivity index (χ4n) is 3.74. The molecule has 3 aromatic heterocycles. The summed E-state index contributed by atoms with van der Waals surface area (Å²) in [5.41, 5.74) is 2.24. The molecular formula is C23H33ClN8O2Si. The number of halogens is 1. The van der Waals surface area contributed by atoms with E-state index in [4.69, 9.17) is 16.0 Å². The third kappa shape index (κ3) is 5.26. The van der Waals surface area contributed by atoms with Gasteiger partial charge in [-0.2, -0.15) is 4.98 Å². The van der Waals surface area contributed by atoms with E-state index in [1.165, 1.54) is 13.1 Å². The Kier molecular flexibility index (Phi) is 6.77. The maximum atomic E-state index is 12.1. The number of hydrogen-bond donors (Lipinski definition) is 2. The second-order valence-electron chi connectivity index (χ2n) is 10.5. The molecule has 0 spiro atoms. The minimum absolute atomic E-state index is 0.108. The summed E-state index contributed by atoms with van der Waals surface area (Å²) >= 11 is 5.98. The van der Waals surface area contributed by atoms with Gasteiger partial charge in [-0.05, 0) is 37.2 Å². The molecule has 2 N–H and O–H groups in total. The van der Waals surface area contributed by atoms with Crippen LogP contribution in [-0.2, 0) is 4.43 Å². The van der Waals surface area contributed by atoms with E-state index >= 15 is 0 Å². The predicted molar refractivity (Wildman–Crippen MR) is 140 cm³/mol. The van der Waals surface area contributed by atoms with Crippen LogP contribution in [0.1, 0.15) is 38.2 Å². The highest BCUT2D eigenvalue weighted by Gasteiger charge is 2.41. The second kappa shape index (κ2) is 9.36. The van der Waals surface area contributed by atoms with Gasteiger partial charge in [-0.15, -0.1) is 15.3 Å². The molecule has 12 heteroatoms. The fraction of sp³-hybridized carbons (Fsp3) is 0.522. The van der Waals surface area contributed by atoms with Crippen LogP contribution >= 0.6 is 11.6 Å². The molecule has 0 saturated carbocycles. The molecule has 0 aliphatic carbocycles. The summed E-state index contributed by atoms with van der Waals surface area (Å²) in [4.78, 5) is 18.9. The van der Waals surface area contributed by atoms with Crippen molar-refractivity contribution >= 4 is 48.8 Å². The average Bonchev–Trinajstić information content (AvgIpc) is 3.12. The van der Waals surface area contributed by atoms with Gasteiger partial charge in [-0.3, -0.25) is 4.79 Å². The van der Waals surface area contributed by atoms with Crippen molar-refractivity contribution in [1.29, 1.82) is 0 Å². The summed E-state index contributed by atoms with van der Waals surface area (Å²) in [5.74, 6) is 0.441. The first kappa shape index (κ1) is 25.3. The summed E-state index contributed by atoms with van der Waals surface area (Å²) in [7, 11) is -0.266. The minimum atomic E-state index is -1.79. The van der Waals surface area contributed by atoms with E-state index in [1.807, 2.05) is 18.3 Å². The molecule has 1 fully saturated rings. The number of rotatable bonds is 7. The quantitative estimate of drug-likeness (QED) is 0.451. The van der Waals surface area contributed by atoms with Crippen LogP contribution in [0.5, 0.6) is 0 Å². The average molecular weight is 517 g/mol. The maximum Gasteiger partial charge on any atom is 0.273 e. The van der Waals surface area contributed by atoms with Gasteiger partial charge in [0.05, 0.1) is 17.6 Å². The zero-order valence-electron chi connectivity index (χ0n) is 21.3. The third-order valence-electron chi connectivity index (χ3n) is 6.99. The van der Waals surface area contributed by atoms with Gasteiger partial charge in [-0.25, -0.2) is 4.52 Å². The Bertz CT molecular complexity index is 1240. The van der Waals surface area contributed by atoms with Crippen LogP contribution in [-0.4, -0.2) is 65.3 Å². The smallest absolute Gasteiger partial charge is 0.273 e. The lowest BCUT2D eigenvalue weighted by atomic mass is 9.94. The van der Waals surface area contributed by atoms with Gasteiger partial charge in [0.1, 0.15) is 0 Å². The van der Waals surface area contributed by atoms with E-state index in [0.717, 1.165) is 18.8 Å². The number of fused-ring (bicyclic) bond motifs is 1. The van der Waals surface area contributed by atoms with Gasteiger partial charge in [0.2, 0.25) is 5.95 Å². The van der Waals surface area contributed by atoms with Crippen molar-refractivity contribution in [2.45, 2.75) is 51.9 Å². The van der Waals surface area contributed by atoms with E-state index in [1.54, 1.807) is 4.52 Å². The lowest BCUT2D eigenvalue weighted by molar-refractivity contribution is 0.0958. The molecule has 1 aliphatic heterocycles. The van der Waals surface area contributed by atoms with Crippen LogP contribution in [0, 0.1) is 5.92 Å². The normalized spacial score (nSPS) is 15.7. The number of pyridine rings is 1. The number of carbonyl (C=O) groups is 1. The lowest BCUT2D eigenvalue weighted by Gasteiger charge is -2.47. The molecule has 10 nitrogen and oxygen atoms in total. The first-order chi connectivity index (χ1) is 16.4. The highest BCUT2D eigenvalue weighted by atomic mass is 35.5. The first-order valence-electron chi connectivity index (χ1n) is 11.7. The predicted octanol–water partition coefficient (Wildman–Crippen LogP) is 4.12. The van der Waals surface area contributed by atoms with Gasteiger partial charge >= 0.3 is 0 Å². The molecule has 35 heavy (non-hydrogen) atoms. The number of nitrogens with zero attached hydrogens (tertiary/aromatic N) is 6. The molecule has 188 valence electrons. The fourth-order valence-corrected chi connectivity index (χ4v) is 5.36. The van der Waals surface area contributed by atoms with E-state index in [2.05, 4.69) is 76.6 Å². The van der Waals surface area contributed by atoms with E-state index < -0.39 is 8.32 Å². The minimum Gasteiger partial charge on any atom is -0.414 e. The van der Waals surface area contributed by atoms with Crippen molar-refractivity contribution in [3.63, 3.8) is 0 Å². The molecule has 0 aromatic carbocycles. The Morgan fingerprint density at radius 2 is 1.97 bits per heavy atom. The maximum absolute atomic E-state index is 12.1. The molecule has 1 amide bonds. The Hall–Kier alpha value is -2.76. The van der Waals surface area contributed by atoms with Gasteiger partial charge < -0.3 is 20.0 Å². The van der Waals surface area contributed by atoms with Crippen LogP contribution in [0.25, 0.3) is 5.65 Å². The van der Waals surface area contributed by atoms with Crippen molar-refractivity contribution in [2.75, 3.05) is 30.4 Å². The highest BCUT2D eigenvalue weighted by molar-refractivity contribution is 6.74. The monoisotopic (exact) mass is 516 g/mol. The largest absolute Gasteiger partial charge is 0.414 e. The van der Waals surface area contributed by atoms with Crippen LogP contribution in [0.2, 0.25) is 23.3 Å². The van der Waals surface area contributed by atoms with Crippen molar-refractivity contribution in [3.8, 4) is 0 Å². The molecule has 0 bridgehead atoms. The number of nitrogens with one attached hydrogen (secondary N) is 2. The zero-order chi connectivity index (χ0) is 25.5. The SMILES string of the molecule is CNC(=O)c1nnc(Cl)cc1Nc1nc2ccc(N3CC(C(C)O[Si](C)(C)C(C)(C)C)C3)cn2n1. The topological polar surface area (TPSA) is 110 Å². The summed E-state index contributed by atoms with van der Waals surface area (Å²) < 4.78 is 8.31. The molecule has 4 rings (SSSR count). The molecule has 1 saturated heterocycles. The van der Waals surface area contributed by atoms with Crippen molar-refractivity contribution in [2.24, 2.45) is 5.92 Å². The van der Waals surface area contributed by atoms with Crippen LogP contribution in [0.15, 0.2) is 24.4 Å². The number of hydrogen-bond acceptors (Lipinski definition) is 8. The molecule has 1 aliphatic rings. The molecule has 3 aromatic rings. The number of anilines is 3. The molecule has 4 heterocycles. The second-order valence-corrected chi connectivity index (χ2v) is 15.7. The first-order valence-corrected chi connectivity index (χ1v) is 15.0. The van der Waals surface area contributed by atoms with Crippen molar-refractivity contribution in [3.05, 3.63) is 35.2 Å². The standard InChI is InChI=1S/C23H33ClN8O2Si/c1-14(34-35(6,7)23(2,3)4)15-11-31(12-15)16-8-9-19-27-22(30-32(19)13-16)26-17-10-18(24)28-29-20(17)21(33)25-5/h8-10,13-15H,11-12H2,1-7H3,(H,25,33)(H,26,28,30). The number of amides is 1. The summed E-state index contributed by atoms with van der Waals surface area (Å²) in [6, 6.07) is 5.49. The number of aromatic nitrogens is 5. The lowest BCUT2D eigenvalue weighted by Crippen LogP contribution is -2.55. The van der Waals surface area contributed by atoms with E-state index in [-0.39, 0.29) is 27.9 Å². The molecule has 1 atom stereocenters. The Morgan fingerprint density at radius 3 is 2.63 bits per heavy atom. The third-order valence-corrected chi connectivity index (χ3v) is 11.8. The zero-order valence-corrected chi connectivity index (χ0v) is 23.0. The summed E-state index contributed by atoms with van der Waals surface area (Å²) in [6.07, 6.45) is 2.19. The van der Waals surface area contributed by atoms with Crippen molar-refractivity contribution in [1.82, 2.24) is 30.1 Å². The van der Waals surface area contributed by atoms with Gasteiger partial charge in [0.25, 0.3) is 5.91 Å². The Labute approximate surface area is 211 Å². The van der Waals surface area contributed by atoms with Gasteiger partial charge in [0, 0.05) is 38.2 Å². The Balaban J connectivity index is 1.45. The highest BCUT2D eigenvalue weighted by Crippen LogP contribution is 2.39. The van der Waals surface area contributed by atoms with Crippen LogP contribution < -0.4 is 15.5 Å². The van der Waals surface area contributed by atoms with Crippen LogP contribution in [0.4, 0.5) is 17.3 Å². The van der Waals surface area contributed by atoms with E-state index in [9.17, 15) is 4.79 Å². The van der Waals surface area contributed by atoms with Crippen molar-refractivity contribution < 1.29 is 9.22 Å². The van der Waals surface area contributed by atoms with Gasteiger partial charge in [0.15, 0.2) is 24.8 Å². The number of carbonyl (C=O) groups excluding carboxylic acids is 1. The molecule has 0 radical (unpaired) electrons. The summed E-state index contributed by atoms with van der Waals surface area (Å²) in [5, 5.41) is 18.1. The van der Waals surface area contributed by atoms with Crippen LogP contribution in [0.3, 0.4) is 0 Å². The van der Waals surface area contributed by atoms with E-state index in [0.29, 0.717) is 23.2 Å². The van der Waals surface area contributed by atoms with Gasteiger partial charge in [-0.1, -0.05) is 32.4 Å². The molecular weight excluding hydrogens is 484 g/mol. The summed E-state index contributed by atoms with van der Waals surface area (Å²) in [6.45, 7) is 15.5.